The second-order valence-electron chi connectivity index (χ2n) is 7.12. The van der Waals surface area contributed by atoms with E-state index in [1.807, 2.05) is 30.3 Å². The van der Waals surface area contributed by atoms with Crippen molar-refractivity contribution in [2.45, 2.75) is 33.0 Å². The molecule has 0 aliphatic rings. The molecule has 2 amide bonds. The van der Waals surface area contributed by atoms with Gasteiger partial charge in [0.05, 0.1) is 20.8 Å². The number of carbonyl (C=O) groups excluding carboxylic acids is 3. The average Bonchev–Trinajstić information content (AvgIpc) is 2.82. The smallest absolute Gasteiger partial charge is 0.408 e. The van der Waals surface area contributed by atoms with E-state index < -0.39 is 24.0 Å². The van der Waals surface area contributed by atoms with Gasteiger partial charge in [0.2, 0.25) is 5.91 Å². The third kappa shape index (κ3) is 8.03. The van der Waals surface area contributed by atoms with Crippen molar-refractivity contribution in [3.8, 4) is 11.5 Å². The quantitative estimate of drug-likeness (QED) is 0.517. The van der Waals surface area contributed by atoms with Crippen LogP contribution in [0.3, 0.4) is 0 Å². The van der Waals surface area contributed by atoms with Crippen molar-refractivity contribution in [3.05, 3.63) is 59.7 Å². The first-order chi connectivity index (χ1) is 15.9. The zero-order valence-electron chi connectivity index (χ0n) is 19.3. The van der Waals surface area contributed by atoms with Crippen LogP contribution < -0.4 is 14.8 Å². The van der Waals surface area contributed by atoms with Crippen molar-refractivity contribution in [1.82, 2.24) is 10.2 Å². The van der Waals surface area contributed by atoms with Gasteiger partial charge in [-0.1, -0.05) is 36.4 Å². The number of benzene rings is 2. The Kier molecular flexibility index (Phi) is 10.0. The molecule has 2 aromatic rings. The third-order valence-corrected chi connectivity index (χ3v) is 4.68. The maximum Gasteiger partial charge on any atom is 0.408 e. The Morgan fingerprint density at radius 2 is 1.64 bits per heavy atom. The fraction of sp³-hybridized carbons (Fsp3) is 0.375. The first-order valence-electron chi connectivity index (χ1n) is 10.5. The molecule has 0 bridgehead atoms. The fourth-order valence-electron chi connectivity index (χ4n) is 3.05. The van der Waals surface area contributed by atoms with Crippen molar-refractivity contribution < 1.29 is 33.3 Å². The summed E-state index contributed by atoms with van der Waals surface area (Å²) in [6.07, 6.45) is -0.734. The summed E-state index contributed by atoms with van der Waals surface area (Å²) in [5, 5.41) is 2.51. The van der Waals surface area contributed by atoms with Crippen LogP contribution in [0.4, 0.5) is 4.79 Å². The van der Waals surface area contributed by atoms with E-state index in [0.29, 0.717) is 17.1 Å². The maximum absolute atomic E-state index is 13.1. The lowest BCUT2D eigenvalue weighted by Gasteiger charge is -2.25. The Morgan fingerprint density at radius 3 is 2.27 bits per heavy atom. The molecule has 0 saturated heterocycles. The van der Waals surface area contributed by atoms with Crippen LogP contribution in [-0.2, 0) is 32.2 Å². The summed E-state index contributed by atoms with van der Waals surface area (Å²) in [5.74, 6) is 0.0228. The van der Waals surface area contributed by atoms with Crippen LogP contribution in [0.5, 0.6) is 11.5 Å². The largest absolute Gasteiger partial charge is 0.493 e. The van der Waals surface area contributed by atoms with Crippen molar-refractivity contribution in [2.75, 3.05) is 27.4 Å². The van der Waals surface area contributed by atoms with E-state index >= 15 is 0 Å². The molecule has 2 rings (SSSR count). The van der Waals surface area contributed by atoms with Gasteiger partial charge in [0, 0.05) is 6.54 Å². The van der Waals surface area contributed by atoms with Crippen LogP contribution >= 0.6 is 0 Å². The number of methoxy groups -OCH3 is 2. The van der Waals surface area contributed by atoms with Gasteiger partial charge in [-0.2, -0.15) is 0 Å². The molecule has 1 N–H and O–H groups in total. The molecule has 0 unspecified atom stereocenters. The van der Waals surface area contributed by atoms with Crippen LogP contribution in [0.1, 0.15) is 25.0 Å². The summed E-state index contributed by atoms with van der Waals surface area (Å²) in [6, 6.07) is 13.5. The summed E-state index contributed by atoms with van der Waals surface area (Å²) in [7, 11) is 3.04. The van der Waals surface area contributed by atoms with Gasteiger partial charge in [-0.25, -0.2) is 4.79 Å². The monoisotopic (exact) mass is 458 g/mol. The van der Waals surface area contributed by atoms with Gasteiger partial charge in [-0.05, 0) is 37.1 Å². The molecular weight excluding hydrogens is 428 g/mol. The van der Waals surface area contributed by atoms with Crippen LogP contribution in [0.25, 0.3) is 0 Å². The van der Waals surface area contributed by atoms with E-state index in [9.17, 15) is 14.4 Å². The minimum atomic E-state index is -0.928. The number of hydrogen-bond donors (Lipinski definition) is 1. The standard InChI is InChI=1S/C24H30N2O7/c1-5-32-22(27)15-26(14-19-11-12-20(30-3)21(13-19)31-4)23(28)17(2)25-24(29)33-16-18-9-7-6-8-10-18/h6-13,17H,5,14-16H2,1-4H3,(H,25,29)/t17-/m0/s1. The minimum Gasteiger partial charge on any atom is -0.493 e. The molecule has 9 heteroatoms. The summed E-state index contributed by atoms with van der Waals surface area (Å²) in [4.78, 5) is 38.6. The summed E-state index contributed by atoms with van der Waals surface area (Å²) < 4.78 is 20.7. The zero-order chi connectivity index (χ0) is 24.2. The molecule has 0 fully saturated rings. The number of carbonyl (C=O) groups is 3. The Hall–Kier alpha value is -3.75. The molecule has 0 aromatic heterocycles. The highest BCUT2D eigenvalue weighted by molar-refractivity contribution is 5.88. The highest BCUT2D eigenvalue weighted by atomic mass is 16.5. The van der Waals surface area contributed by atoms with Gasteiger partial charge < -0.3 is 29.2 Å². The van der Waals surface area contributed by atoms with Crippen molar-refractivity contribution in [2.24, 2.45) is 0 Å². The van der Waals surface area contributed by atoms with E-state index in [4.69, 9.17) is 18.9 Å². The first-order valence-corrected chi connectivity index (χ1v) is 10.5. The third-order valence-electron chi connectivity index (χ3n) is 4.68. The second kappa shape index (κ2) is 12.9. The SMILES string of the molecule is CCOC(=O)CN(Cc1ccc(OC)c(OC)c1)C(=O)[C@H](C)NC(=O)OCc1ccccc1. The van der Waals surface area contributed by atoms with Crippen LogP contribution in [0.2, 0.25) is 0 Å². The number of esters is 1. The molecule has 0 spiro atoms. The summed E-state index contributed by atoms with van der Waals surface area (Å²) >= 11 is 0. The molecule has 0 aliphatic heterocycles. The lowest BCUT2D eigenvalue weighted by atomic mass is 10.1. The van der Waals surface area contributed by atoms with Crippen LogP contribution in [0, 0.1) is 0 Å². The second-order valence-corrected chi connectivity index (χ2v) is 7.12. The van der Waals surface area contributed by atoms with Gasteiger partial charge >= 0.3 is 12.1 Å². The normalized spacial score (nSPS) is 11.2. The van der Waals surface area contributed by atoms with Crippen molar-refractivity contribution >= 4 is 18.0 Å². The highest BCUT2D eigenvalue weighted by Crippen LogP contribution is 2.28. The lowest BCUT2D eigenvalue weighted by Crippen LogP contribution is -2.48. The molecule has 0 radical (unpaired) electrons. The molecule has 0 aliphatic carbocycles. The number of rotatable bonds is 11. The molecule has 33 heavy (non-hydrogen) atoms. The Bertz CT molecular complexity index is 934. The maximum atomic E-state index is 13.1. The van der Waals surface area contributed by atoms with Gasteiger partial charge in [0.25, 0.3) is 0 Å². The molecule has 0 heterocycles. The van der Waals surface area contributed by atoms with Crippen LogP contribution in [0.15, 0.2) is 48.5 Å². The van der Waals surface area contributed by atoms with E-state index in [1.165, 1.54) is 26.0 Å². The van der Waals surface area contributed by atoms with Gasteiger partial charge in [0.15, 0.2) is 11.5 Å². The van der Waals surface area contributed by atoms with Gasteiger partial charge in [-0.3, -0.25) is 9.59 Å². The van der Waals surface area contributed by atoms with Crippen molar-refractivity contribution in [3.63, 3.8) is 0 Å². The predicted molar refractivity (Wildman–Crippen MR) is 121 cm³/mol. The number of alkyl carbamates (subject to hydrolysis) is 1. The predicted octanol–water partition coefficient (Wildman–Crippen LogP) is 2.91. The van der Waals surface area contributed by atoms with E-state index in [0.717, 1.165) is 5.56 Å². The molecule has 0 saturated carbocycles. The topological polar surface area (TPSA) is 103 Å². The zero-order valence-corrected chi connectivity index (χ0v) is 19.3. The molecular formula is C24H30N2O7. The number of ether oxygens (including phenoxy) is 4. The molecule has 2 aromatic carbocycles. The van der Waals surface area contributed by atoms with E-state index in [1.54, 1.807) is 25.1 Å². The Balaban J connectivity index is 2.07. The average molecular weight is 459 g/mol. The highest BCUT2D eigenvalue weighted by Gasteiger charge is 2.25. The Labute approximate surface area is 193 Å². The van der Waals surface area contributed by atoms with E-state index in [-0.39, 0.29) is 26.3 Å². The van der Waals surface area contributed by atoms with Crippen LogP contribution in [-0.4, -0.2) is 56.3 Å². The number of nitrogens with one attached hydrogen (secondary N) is 1. The lowest BCUT2D eigenvalue weighted by molar-refractivity contribution is -0.149. The fourth-order valence-corrected chi connectivity index (χ4v) is 3.05. The molecule has 9 nitrogen and oxygen atoms in total. The summed E-state index contributed by atoms with van der Waals surface area (Å²) in [6.45, 7) is 3.31. The van der Waals surface area contributed by atoms with Gasteiger partial charge in [-0.15, -0.1) is 0 Å². The minimum absolute atomic E-state index is 0.0752. The molecule has 1 atom stereocenters. The summed E-state index contributed by atoms with van der Waals surface area (Å²) in [5.41, 5.74) is 1.54. The molecule has 178 valence electrons. The Morgan fingerprint density at radius 1 is 0.939 bits per heavy atom. The first kappa shape index (κ1) is 25.5. The van der Waals surface area contributed by atoms with Crippen molar-refractivity contribution in [1.29, 1.82) is 0 Å². The number of amides is 2. The van der Waals surface area contributed by atoms with E-state index in [2.05, 4.69) is 5.32 Å². The number of nitrogens with zero attached hydrogens (tertiary/aromatic N) is 1. The van der Waals surface area contributed by atoms with Gasteiger partial charge in [0.1, 0.15) is 19.2 Å². The number of hydrogen-bond acceptors (Lipinski definition) is 7.